The Morgan fingerprint density at radius 2 is 1.42 bits per heavy atom. The van der Waals surface area contributed by atoms with E-state index in [4.69, 9.17) is 0 Å². The van der Waals surface area contributed by atoms with Crippen LogP contribution in [0.5, 0.6) is 0 Å². The standard InChI is InChI=1S/C18H18Br2N2O2/c1-18(2,3)22(17(24)13-7-5-9-15(20)11-13)21-16(23)12-6-4-8-14(19)10-12/h4-11H,1-3H3,(H,21,23). The second-order valence-electron chi connectivity index (χ2n) is 6.27. The molecule has 0 fully saturated rings. The largest absolute Gasteiger partial charge is 0.272 e. The highest BCUT2D eigenvalue weighted by Gasteiger charge is 2.29. The molecule has 0 spiro atoms. The van der Waals surface area contributed by atoms with Crippen LogP contribution in [0, 0.1) is 0 Å². The molecule has 0 unspecified atom stereocenters. The normalized spacial score (nSPS) is 11.0. The SMILES string of the molecule is CC(C)(C)N(NC(=O)c1cccc(Br)c1)C(=O)c1cccc(Br)c1. The van der Waals surface area contributed by atoms with Crippen molar-refractivity contribution in [3.05, 3.63) is 68.6 Å². The van der Waals surface area contributed by atoms with Crippen LogP contribution in [-0.4, -0.2) is 22.4 Å². The van der Waals surface area contributed by atoms with Crippen molar-refractivity contribution in [2.45, 2.75) is 26.3 Å². The van der Waals surface area contributed by atoms with Gasteiger partial charge >= 0.3 is 0 Å². The van der Waals surface area contributed by atoms with Crippen molar-refractivity contribution in [3.63, 3.8) is 0 Å². The summed E-state index contributed by atoms with van der Waals surface area (Å²) in [6.07, 6.45) is 0. The summed E-state index contributed by atoms with van der Waals surface area (Å²) in [5.74, 6) is -0.610. The molecule has 126 valence electrons. The van der Waals surface area contributed by atoms with Crippen LogP contribution in [0.2, 0.25) is 0 Å². The molecule has 0 heterocycles. The van der Waals surface area contributed by atoms with E-state index in [1.165, 1.54) is 5.01 Å². The number of hydrogen-bond donors (Lipinski definition) is 1. The maximum absolute atomic E-state index is 12.9. The van der Waals surface area contributed by atoms with Gasteiger partial charge in [-0.3, -0.25) is 15.0 Å². The molecule has 0 atom stereocenters. The predicted octanol–water partition coefficient (Wildman–Crippen LogP) is 4.80. The Morgan fingerprint density at radius 1 is 0.917 bits per heavy atom. The molecule has 0 aliphatic heterocycles. The summed E-state index contributed by atoms with van der Waals surface area (Å²) in [4.78, 5) is 25.4. The van der Waals surface area contributed by atoms with E-state index in [9.17, 15) is 9.59 Å². The maximum Gasteiger partial charge on any atom is 0.272 e. The van der Waals surface area contributed by atoms with Gasteiger partial charge in [0.15, 0.2) is 0 Å². The van der Waals surface area contributed by atoms with Crippen molar-refractivity contribution in [3.8, 4) is 0 Å². The summed E-state index contributed by atoms with van der Waals surface area (Å²) < 4.78 is 1.61. The van der Waals surface area contributed by atoms with E-state index in [2.05, 4.69) is 37.3 Å². The van der Waals surface area contributed by atoms with E-state index in [1.54, 1.807) is 36.4 Å². The highest BCUT2D eigenvalue weighted by Crippen LogP contribution is 2.19. The minimum Gasteiger partial charge on any atom is -0.267 e. The molecule has 1 N–H and O–H groups in total. The first-order chi connectivity index (χ1) is 11.2. The van der Waals surface area contributed by atoms with Crippen LogP contribution in [-0.2, 0) is 0 Å². The fourth-order valence-corrected chi connectivity index (χ4v) is 2.87. The van der Waals surface area contributed by atoms with Crippen LogP contribution in [0.25, 0.3) is 0 Å². The van der Waals surface area contributed by atoms with Crippen LogP contribution < -0.4 is 5.43 Å². The average Bonchev–Trinajstić information content (AvgIpc) is 2.50. The van der Waals surface area contributed by atoms with Crippen LogP contribution in [0.1, 0.15) is 41.5 Å². The lowest BCUT2D eigenvalue weighted by Gasteiger charge is -2.35. The number of halogens is 2. The molecule has 6 heteroatoms. The lowest BCUT2D eigenvalue weighted by Crippen LogP contribution is -2.55. The van der Waals surface area contributed by atoms with E-state index in [-0.39, 0.29) is 11.8 Å². The van der Waals surface area contributed by atoms with Crippen molar-refractivity contribution in [2.24, 2.45) is 0 Å². The Morgan fingerprint density at radius 3 is 1.92 bits per heavy atom. The zero-order valence-corrected chi connectivity index (χ0v) is 16.8. The summed E-state index contributed by atoms with van der Waals surface area (Å²) in [5, 5.41) is 1.36. The molecule has 2 aromatic carbocycles. The summed E-state index contributed by atoms with van der Waals surface area (Å²) in [7, 11) is 0. The lowest BCUT2D eigenvalue weighted by molar-refractivity contribution is 0.0358. The van der Waals surface area contributed by atoms with Gasteiger partial charge in [0.1, 0.15) is 0 Å². The number of hydrazine groups is 1. The smallest absolute Gasteiger partial charge is 0.267 e. The lowest BCUT2D eigenvalue weighted by atomic mass is 10.1. The highest BCUT2D eigenvalue weighted by atomic mass is 79.9. The van der Waals surface area contributed by atoms with Crippen molar-refractivity contribution >= 4 is 43.7 Å². The van der Waals surface area contributed by atoms with Gasteiger partial charge in [0.25, 0.3) is 11.8 Å². The van der Waals surface area contributed by atoms with Gasteiger partial charge in [0.05, 0.1) is 5.54 Å². The zero-order valence-electron chi connectivity index (χ0n) is 13.6. The quantitative estimate of drug-likeness (QED) is 0.664. The maximum atomic E-state index is 12.9. The number of rotatable bonds is 2. The van der Waals surface area contributed by atoms with Gasteiger partial charge in [-0.25, -0.2) is 5.01 Å². The van der Waals surface area contributed by atoms with Crippen LogP contribution >= 0.6 is 31.9 Å². The molecule has 0 aliphatic carbocycles. The number of carbonyl (C=O) groups excluding carboxylic acids is 2. The number of nitrogens with zero attached hydrogens (tertiary/aromatic N) is 1. The number of nitrogens with one attached hydrogen (secondary N) is 1. The Bertz CT molecular complexity index is 770. The molecule has 0 radical (unpaired) electrons. The minimum atomic E-state index is -0.582. The van der Waals surface area contributed by atoms with Gasteiger partial charge in [-0.15, -0.1) is 0 Å². The molecule has 4 nitrogen and oxygen atoms in total. The molecule has 0 saturated carbocycles. The fraction of sp³-hybridized carbons (Fsp3) is 0.222. The third-order valence-corrected chi connectivity index (χ3v) is 4.23. The first-order valence-electron chi connectivity index (χ1n) is 7.35. The number of benzene rings is 2. The first-order valence-corrected chi connectivity index (χ1v) is 8.94. The summed E-state index contributed by atoms with van der Waals surface area (Å²) in [5.41, 5.74) is 3.11. The second-order valence-corrected chi connectivity index (χ2v) is 8.10. The predicted molar refractivity (Wildman–Crippen MR) is 102 cm³/mol. The van der Waals surface area contributed by atoms with Gasteiger partial charge in [0.2, 0.25) is 0 Å². The van der Waals surface area contributed by atoms with Gasteiger partial charge < -0.3 is 0 Å². The van der Waals surface area contributed by atoms with Crippen LogP contribution in [0.4, 0.5) is 0 Å². The summed E-state index contributed by atoms with van der Waals surface area (Å²) in [6, 6.07) is 14.1. The van der Waals surface area contributed by atoms with Crippen LogP contribution in [0.3, 0.4) is 0 Å². The molecule has 0 aromatic heterocycles. The van der Waals surface area contributed by atoms with E-state index in [1.807, 2.05) is 32.9 Å². The van der Waals surface area contributed by atoms with Gasteiger partial charge in [-0.2, -0.15) is 0 Å². The van der Waals surface area contributed by atoms with Gasteiger partial charge in [-0.05, 0) is 57.2 Å². The van der Waals surface area contributed by atoms with E-state index in [0.29, 0.717) is 11.1 Å². The molecule has 2 rings (SSSR count). The van der Waals surface area contributed by atoms with E-state index >= 15 is 0 Å². The van der Waals surface area contributed by atoms with Gasteiger partial charge in [0, 0.05) is 20.1 Å². The molecular weight excluding hydrogens is 436 g/mol. The van der Waals surface area contributed by atoms with Crippen molar-refractivity contribution in [1.82, 2.24) is 10.4 Å². The van der Waals surface area contributed by atoms with E-state index in [0.717, 1.165) is 8.95 Å². The summed E-state index contributed by atoms with van der Waals surface area (Å²) in [6.45, 7) is 5.60. The molecule has 0 aliphatic rings. The van der Waals surface area contributed by atoms with Gasteiger partial charge in [-0.1, -0.05) is 44.0 Å². The summed E-state index contributed by atoms with van der Waals surface area (Å²) >= 11 is 6.71. The van der Waals surface area contributed by atoms with Crippen LogP contribution in [0.15, 0.2) is 57.5 Å². The Balaban J connectivity index is 2.29. The van der Waals surface area contributed by atoms with Crippen molar-refractivity contribution in [2.75, 3.05) is 0 Å². The third-order valence-electron chi connectivity index (χ3n) is 3.25. The number of carbonyl (C=O) groups is 2. The molecule has 2 amide bonds. The first kappa shape index (κ1) is 18.7. The fourth-order valence-electron chi connectivity index (χ4n) is 2.07. The highest BCUT2D eigenvalue weighted by molar-refractivity contribution is 9.10. The Hall–Kier alpha value is -1.66. The monoisotopic (exact) mass is 452 g/mol. The minimum absolute atomic E-state index is 0.271. The Kier molecular flexibility index (Phi) is 5.83. The average molecular weight is 454 g/mol. The van der Waals surface area contributed by atoms with Crippen molar-refractivity contribution < 1.29 is 9.59 Å². The molecule has 2 aromatic rings. The van der Waals surface area contributed by atoms with Crippen molar-refractivity contribution in [1.29, 1.82) is 0 Å². The zero-order chi connectivity index (χ0) is 17.9. The topological polar surface area (TPSA) is 49.4 Å². The molecule has 24 heavy (non-hydrogen) atoms. The number of hydrogen-bond acceptors (Lipinski definition) is 2. The second kappa shape index (κ2) is 7.49. The Labute approximate surface area is 158 Å². The van der Waals surface area contributed by atoms with E-state index < -0.39 is 5.54 Å². The molecule has 0 saturated heterocycles. The molecule has 0 bridgehead atoms. The number of amides is 2. The molecular formula is C18H18Br2N2O2. The third kappa shape index (κ3) is 4.68.